The van der Waals surface area contributed by atoms with E-state index < -0.39 is 0 Å². The summed E-state index contributed by atoms with van der Waals surface area (Å²) in [4.78, 5) is 40.8. The highest BCUT2D eigenvalue weighted by atomic mass is 16.5. The Morgan fingerprint density at radius 1 is 1.00 bits per heavy atom. The van der Waals surface area contributed by atoms with Crippen molar-refractivity contribution in [3.63, 3.8) is 0 Å². The van der Waals surface area contributed by atoms with Gasteiger partial charge in [-0.15, -0.1) is 0 Å². The van der Waals surface area contributed by atoms with Gasteiger partial charge in [0, 0.05) is 65.7 Å². The van der Waals surface area contributed by atoms with Crippen LogP contribution < -0.4 is 5.32 Å². The van der Waals surface area contributed by atoms with Crippen LogP contribution in [0.2, 0.25) is 0 Å². The zero-order valence-electron chi connectivity index (χ0n) is 18.8. The van der Waals surface area contributed by atoms with Crippen molar-refractivity contribution in [2.45, 2.75) is 25.7 Å². The fourth-order valence-corrected chi connectivity index (χ4v) is 3.83. The Labute approximate surface area is 189 Å². The molecule has 0 spiro atoms. The minimum atomic E-state index is -0.118. The summed E-state index contributed by atoms with van der Waals surface area (Å²) in [5.74, 6) is -0.144. The molecule has 1 saturated heterocycles. The van der Waals surface area contributed by atoms with Crippen LogP contribution in [0, 0.1) is 0 Å². The SMILES string of the molecule is COCCCNC(=O)CN1CCN(C(=O)CCC(=O)N2CCC(c3ccccc3)=N2)CC1. The molecule has 1 N–H and O–H groups in total. The van der Waals surface area contributed by atoms with Crippen LogP contribution >= 0.6 is 0 Å². The molecular weight excluding hydrogens is 410 g/mol. The summed E-state index contributed by atoms with van der Waals surface area (Å²) in [6.07, 6.45) is 1.87. The van der Waals surface area contributed by atoms with E-state index in [4.69, 9.17) is 4.74 Å². The zero-order valence-corrected chi connectivity index (χ0v) is 18.8. The van der Waals surface area contributed by atoms with Crippen LogP contribution in [0.25, 0.3) is 0 Å². The van der Waals surface area contributed by atoms with Gasteiger partial charge in [-0.05, 0) is 12.0 Å². The second-order valence-electron chi connectivity index (χ2n) is 8.03. The molecule has 0 atom stereocenters. The van der Waals surface area contributed by atoms with E-state index in [2.05, 4.69) is 10.4 Å². The predicted octanol–water partition coefficient (Wildman–Crippen LogP) is 0.700. The van der Waals surface area contributed by atoms with Crippen LogP contribution in [-0.4, -0.2) is 97.8 Å². The standard InChI is InChI=1S/C23H33N5O4/c1-32-17-5-11-24-21(29)18-26-13-15-27(16-14-26)22(30)8-9-23(31)28-12-10-20(25-28)19-6-3-2-4-7-19/h2-4,6-7H,5,8-18H2,1H3,(H,24,29). The molecule has 1 aromatic carbocycles. The first-order valence-electron chi connectivity index (χ1n) is 11.3. The maximum Gasteiger partial charge on any atom is 0.243 e. The summed E-state index contributed by atoms with van der Waals surface area (Å²) in [6.45, 7) is 4.58. The highest BCUT2D eigenvalue weighted by molar-refractivity contribution is 6.02. The Morgan fingerprint density at radius 2 is 1.72 bits per heavy atom. The fraction of sp³-hybridized carbons (Fsp3) is 0.565. The minimum Gasteiger partial charge on any atom is -0.385 e. The van der Waals surface area contributed by atoms with E-state index in [1.807, 2.05) is 35.2 Å². The number of carbonyl (C=O) groups excluding carboxylic acids is 3. The van der Waals surface area contributed by atoms with E-state index in [0.29, 0.717) is 52.4 Å². The molecule has 3 amide bonds. The van der Waals surface area contributed by atoms with Crippen LogP contribution in [0.3, 0.4) is 0 Å². The molecule has 174 valence electrons. The molecule has 1 aromatic rings. The normalized spacial score (nSPS) is 16.7. The second kappa shape index (κ2) is 12.3. The van der Waals surface area contributed by atoms with Crippen molar-refractivity contribution in [3.05, 3.63) is 35.9 Å². The second-order valence-corrected chi connectivity index (χ2v) is 8.03. The summed E-state index contributed by atoms with van der Waals surface area (Å²) in [7, 11) is 1.64. The summed E-state index contributed by atoms with van der Waals surface area (Å²) < 4.78 is 4.97. The number of benzene rings is 1. The highest BCUT2D eigenvalue weighted by Gasteiger charge is 2.25. The molecule has 2 aliphatic heterocycles. The first-order chi connectivity index (χ1) is 15.6. The quantitative estimate of drug-likeness (QED) is 0.537. The Kier molecular flexibility index (Phi) is 9.18. The molecule has 2 heterocycles. The van der Waals surface area contributed by atoms with E-state index in [1.54, 1.807) is 12.0 Å². The average molecular weight is 444 g/mol. The molecule has 0 aliphatic carbocycles. The molecule has 32 heavy (non-hydrogen) atoms. The predicted molar refractivity (Wildman–Crippen MR) is 121 cm³/mol. The topological polar surface area (TPSA) is 94.5 Å². The Bertz CT molecular complexity index is 806. The van der Waals surface area contributed by atoms with Gasteiger partial charge in [-0.25, -0.2) is 5.01 Å². The van der Waals surface area contributed by atoms with Gasteiger partial charge in [-0.3, -0.25) is 19.3 Å². The number of nitrogens with one attached hydrogen (secondary N) is 1. The number of piperazine rings is 1. The van der Waals surface area contributed by atoms with Crippen LogP contribution in [0.5, 0.6) is 0 Å². The van der Waals surface area contributed by atoms with Crippen molar-refractivity contribution in [1.29, 1.82) is 0 Å². The van der Waals surface area contributed by atoms with Gasteiger partial charge in [-0.2, -0.15) is 5.10 Å². The van der Waals surface area contributed by atoms with E-state index in [0.717, 1.165) is 24.1 Å². The minimum absolute atomic E-state index is 0.00693. The van der Waals surface area contributed by atoms with Gasteiger partial charge in [-0.1, -0.05) is 30.3 Å². The molecule has 9 heteroatoms. The van der Waals surface area contributed by atoms with Crippen LogP contribution in [0.15, 0.2) is 35.4 Å². The van der Waals surface area contributed by atoms with E-state index in [1.165, 1.54) is 5.01 Å². The fourth-order valence-electron chi connectivity index (χ4n) is 3.83. The number of ether oxygens (including phenoxy) is 1. The van der Waals surface area contributed by atoms with Crippen molar-refractivity contribution < 1.29 is 19.1 Å². The largest absolute Gasteiger partial charge is 0.385 e. The molecule has 9 nitrogen and oxygen atoms in total. The van der Waals surface area contributed by atoms with Gasteiger partial charge in [0.1, 0.15) is 0 Å². The first kappa shape index (κ1) is 23.9. The Hall–Kier alpha value is -2.78. The Morgan fingerprint density at radius 3 is 2.44 bits per heavy atom. The van der Waals surface area contributed by atoms with Crippen LogP contribution in [0.4, 0.5) is 0 Å². The number of hydrogen-bond donors (Lipinski definition) is 1. The van der Waals surface area contributed by atoms with Crippen LogP contribution in [0.1, 0.15) is 31.2 Å². The van der Waals surface area contributed by atoms with Gasteiger partial charge >= 0.3 is 0 Å². The van der Waals surface area contributed by atoms with E-state index in [-0.39, 0.29) is 30.6 Å². The molecule has 2 aliphatic rings. The van der Waals surface area contributed by atoms with Gasteiger partial charge in [0.2, 0.25) is 17.7 Å². The molecule has 0 unspecified atom stereocenters. The number of amides is 3. The number of methoxy groups -OCH3 is 1. The summed E-state index contributed by atoms with van der Waals surface area (Å²) in [5.41, 5.74) is 1.93. The van der Waals surface area contributed by atoms with Gasteiger partial charge in [0.05, 0.1) is 18.8 Å². The molecule has 0 aromatic heterocycles. The van der Waals surface area contributed by atoms with Crippen molar-refractivity contribution in [3.8, 4) is 0 Å². The Balaban J connectivity index is 1.34. The summed E-state index contributed by atoms with van der Waals surface area (Å²) >= 11 is 0. The first-order valence-corrected chi connectivity index (χ1v) is 11.3. The number of carbonyl (C=O) groups is 3. The van der Waals surface area contributed by atoms with Crippen LogP contribution in [-0.2, 0) is 19.1 Å². The zero-order chi connectivity index (χ0) is 22.8. The van der Waals surface area contributed by atoms with Crippen molar-refractivity contribution in [1.82, 2.24) is 20.1 Å². The maximum absolute atomic E-state index is 12.5. The lowest BCUT2D eigenvalue weighted by molar-refractivity contribution is -0.138. The highest BCUT2D eigenvalue weighted by Crippen LogP contribution is 2.15. The molecule has 1 fully saturated rings. The smallest absolute Gasteiger partial charge is 0.243 e. The maximum atomic E-state index is 12.5. The van der Waals surface area contributed by atoms with Crippen molar-refractivity contribution >= 4 is 23.4 Å². The van der Waals surface area contributed by atoms with E-state index >= 15 is 0 Å². The van der Waals surface area contributed by atoms with Gasteiger partial charge < -0.3 is 15.0 Å². The lowest BCUT2D eigenvalue weighted by Gasteiger charge is -2.34. The van der Waals surface area contributed by atoms with Crippen molar-refractivity contribution in [2.24, 2.45) is 5.10 Å². The third-order valence-electron chi connectivity index (χ3n) is 5.69. The number of hydrogen-bond acceptors (Lipinski definition) is 6. The molecular formula is C23H33N5O4. The molecule has 0 saturated carbocycles. The number of nitrogens with zero attached hydrogens (tertiary/aromatic N) is 4. The third-order valence-corrected chi connectivity index (χ3v) is 5.69. The van der Waals surface area contributed by atoms with E-state index in [9.17, 15) is 14.4 Å². The molecule has 0 bridgehead atoms. The lowest BCUT2D eigenvalue weighted by Crippen LogP contribution is -2.51. The monoisotopic (exact) mass is 443 g/mol. The van der Waals surface area contributed by atoms with Crippen molar-refractivity contribution in [2.75, 3.05) is 59.5 Å². The van der Waals surface area contributed by atoms with Gasteiger partial charge in [0.15, 0.2) is 0 Å². The third kappa shape index (κ3) is 7.13. The lowest BCUT2D eigenvalue weighted by atomic mass is 10.1. The molecule has 0 radical (unpaired) electrons. The number of rotatable bonds is 10. The number of hydrazone groups is 1. The average Bonchev–Trinajstić information content (AvgIpc) is 3.32. The summed E-state index contributed by atoms with van der Waals surface area (Å²) in [5, 5.41) is 8.80. The molecule has 3 rings (SSSR count). The van der Waals surface area contributed by atoms with Gasteiger partial charge in [0.25, 0.3) is 0 Å². The summed E-state index contributed by atoms with van der Waals surface area (Å²) in [6, 6.07) is 9.83.